The van der Waals surface area contributed by atoms with Crippen LogP contribution in [0.4, 0.5) is 8.78 Å². The van der Waals surface area contributed by atoms with Crippen LogP contribution in [-0.2, 0) is 6.42 Å². The van der Waals surface area contributed by atoms with E-state index in [1.54, 1.807) is 11.3 Å². The van der Waals surface area contributed by atoms with E-state index in [4.69, 9.17) is 0 Å². The van der Waals surface area contributed by atoms with Crippen molar-refractivity contribution in [3.05, 3.63) is 57.3 Å². The molecule has 1 aliphatic rings. The van der Waals surface area contributed by atoms with Gasteiger partial charge in [0, 0.05) is 22.4 Å². The predicted molar refractivity (Wildman–Crippen MR) is 78.2 cm³/mol. The summed E-state index contributed by atoms with van der Waals surface area (Å²) in [5, 5.41) is 5.28. The first-order chi connectivity index (χ1) is 9.70. The molecule has 0 spiro atoms. The highest BCUT2D eigenvalue weighted by atomic mass is 32.1. The van der Waals surface area contributed by atoms with Crippen molar-refractivity contribution in [3.63, 3.8) is 0 Å². The molecule has 0 bridgehead atoms. The lowest BCUT2D eigenvalue weighted by atomic mass is 9.80. The summed E-state index contributed by atoms with van der Waals surface area (Å²) in [6.45, 7) is 0. The molecule has 2 aromatic rings. The first-order valence-electron chi connectivity index (χ1n) is 6.89. The Morgan fingerprint density at radius 1 is 1.30 bits per heavy atom. The van der Waals surface area contributed by atoms with Gasteiger partial charge in [-0.3, -0.25) is 0 Å². The zero-order chi connectivity index (χ0) is 14.1. The lowest BCUT2D eigenvalue weighted by Gasteiger charge is -2.31. The van der Waals surface area contributed by atoms with Crippen LogP contribution >= 0.6 is 11.3 Å². The van der Waals surface area contributed by atoms with Crippen molar-refractivity contribution in [1.29, 1.82) is 0 Å². The van der Waals surface area contributed by atoms with Crippen molar-refractivity contribution in [1.82, 2.24) is 5.32 Å². The summed E-state index contributed by atoms with van der Waals surface area (Å²) in [5.41, 5.74) is 1.72. The maximum atomic E-state index is 14.1. The van der Waals surface area contributed by atoms with Crippen molar-refractivity contribution in [2.45, 2.75) is 31.2 Å². The number of halogens is 2. The van der Waals surface area contributed by atoms with E-state index in [0.717, 1.165) is 19.3 Å². The van der Waals surface area contributed by atoms with Crippen LogP contribution in [0.25, 0.3) is 0 Å². The second-order valence-corrected chi connectivity index (χ2v) is 6.23. The second-order valence-electron chi connectivity index (χ2n) is 5.23. The fraction of sp³-hybridized carbons (Fsp3) is 0.375. The van der Waals surface area contributed by atoms with Gasteiger partial charge in [-0.1, -0.05) is 0 Å². The van der Waals surface area contributed by atoms with Crippen LogP contribution in [0.5, 0.6) is 0 Å². The second kappa shape index (κ2) is 5.62. The van der Waals surface area contributed by atoms with Gasteiger partial charge in [-0.15, -0.1) is 11.3 Å². The summed E-state index contributed by atoms with van der Waals surface area (Å²) in [6.07, 6.45) is 3.21. The topological polar surface area (TPSA) is 12.0 Å². The van der Waals surface area contributed by atoms with Gasteiger partial charge in [0.1, 0.15) is 11.6 Å². The van der Waals surface area contributed by atoms with Gasteiger partial charge in [-0.25, -0.2) is 8.78 Å². The molecule has 106 valence electrons. The fourth-order valence-corrected chi connectivity index (χ4v) is 4.19. The molecule has 1 heterocycles. The fourth-order valence-electron chi connectivity index (χ4n) is 3.19. The summed E-state index contributed by atoms with van der Waals surface area (Å²) >= 11 is 1.76. The molecule has 0 saturated heterocycles. The van der Waals surface area contributed by atoms with Crippen LogP contribution in [-0.4, -0.2) is 7.05 Å². The minimum absolute atomic E-state index is 0.181. The number of thiophene rings is 1. The van der Waals surface area contributed by atoms with E-state index in [2.05, 4.69) is 16.8 Å². The number of aryl methyl sites for hydroxylation is 1. The molecule has 0 amide bonds. The molecule has 3 rings (SSSR count). The highest BCUT2D eigenvalue weighted by Gasteiger charge is 2.30. The number of nitrogens with one attached hydrogen (secondary N) is 1. The molecule has 2 unspecified atom stereocenters. The van der Waals surface area contributed by atoms with Gasteiger partial charge in [0.2, 0.25) is 0 Å². The minimum Gasteiger partial charge on any atom is -0.312 e. The Bertz CT molecular complexity index is 608. The zero-order valence-corrected chi connectivity index (χ0v) is 12.1. The molecule has 4 heteroatoms. The Kier molecular flexibility index (Phi) is 3.85. The largest absolute Gasteiger partial charge is 0.312 e. The van der Waals surface area contributed by atoms with E-state index < -0.39 is 0 Å². The van der Waals surface area contributed by atoms with Gasteiger partial charge in [-0.2, -0.15) is 0 Å². The zero-order valence-electron chi connectivity index (χ0n) is 11.3. The first kappa shape index (κ1) is 13.7. The summed E-state index contributed by atoms with van der Waals surface area (Å²) in [7, 11) is 1.82. The molecule has 1 aromatic carbocycles. The molecule has 1 aromatic heterocycles. The molecule has 0 aliphatic heterocycles. The number of fused-ring (bicyclic) bond motifs is 1. The average Bonchev–Trinajstić information content (AvgIpc) is 2.92. The standard InChI is InChI=1S/C16H17F2NS/c1-19-16(13-9-10(17)5-6-14(13)18)12-3-2-4-15-11(12)7-8-20-15/h5-9,12,16,19H,2-4H2,1H3. The maximum absolute atomic E-state index is 14.1. The van der Waals surface area contributed by atoms with Crippen LogP contribution in [0.15, 0.2) is 29.6 Å². The summed E-state index contributed by atoms with van der Waals surface area (Å²) < 4.78 is 27.5. The highest BCUT2D eigenvalue weighted by molar-refractivity contribution is 7.10. The van der Waals surface area contributed by atoms with Gasteiger partial charge >= 0.3 is 0 Å². The van der Waals surface area contributed by atoms with Crippen molar-refractivity contribution in [2.75, 3.05) is 7.05 Å². The highest BCUT2D eigenvalue weighted by Crippen LogP contribution is 2.42. The normalized spacial score (nSPS) is 19.6. The number of likely N-dealkylation sites (N-methyl/N-ethyl adjacent to an activating group) is 1. The molecule has 20 heavy (non-hydrogen) atoms. The molecule has 0 radical (unpaired) electrons. The maximum Gasteiger partial charge on any atom is 0.128 e. The van der Waals surface area contributed by atoms with Gasteiger partial charge in [0.15, 0.2) is 0 Å². The summed E-state index contributed by atoms with van der Waals surface area (Å²) in [5.74, 6) is -0.512. The molecule has 2 atom stereocenters. The van der Waals surface area contributed by atoms with Crippen LogP contribution < -0.4 is 5.32 Å². The Hall–Kier alpha value is -1.26. The third kappa shape index (κ3) is 2.38. The lowest BCUT2D eigenvalue weighted by Crippen LogP contribution is -2.27. The van der Waals surface area contributed by atoms with Crippen LogP contribution in [0, 0.1) is 11.6 Å². The molecule has 1 N–H and O–H groups in total. The predicted octanol–water partition coefficient (Wildman–Crippen LogP) is 4.41. The van der Waals surface area contributed by atoms with Gasteiger partial charge < -0.3 is 5.32 Å². The van der Waals surface area contributed by atoms with Crippen LogP contribution in [0.1, 0.15) is 40.8 Å². The third-order valence-electron chi connectivity index (χ3n) is 4.10. The van der Waals surface area contributed by atoms with Gasteiger partial charge in [0.25, 0.3) is 0 Å². The molecule has 0 saturated carbocycles. The van der Waals surface area contributed by atoms with Crippen molar-refractivity contribution in [3.8, 4) is 0 Å². The number of hydrogen-bond donors (Lipinski definition) is 1. The summed E-state index contributed by atoms with van der Waals surface area (Å²) in [6, 6.07) is 5.65. The summed E-state index contributed by atoms with van der Waals surface area (Å²) in [4.78, 5) is 1.39. The van der Waals surface area contributed by atoms with Gasteiger partial charge in [-0.05, 0) is 61.5 Å². The average molecular weight is 293 g/mol. The Labute approximate surface area is 121 Å². The Morgan fingerprint density at radius 3 is 2.95 bits per heavy atom. The van der Waals surface area contributed by atoms with E-state index >= 15 is 0 Å². The van der Waals surface area contributed by atoms with Gasteiger partial charge in [0.05, 0.1) is 0 Å². The van der Waals surface area contributed by atoms with Crippen molar-refractivity contribution < 1.29 is 8.78 Å². The molecule has 0 fully saturated rings. The SMILES string of the molecule is CNC(c1cc(F)ccc1F)C1CCCc2sccc21. The first-order valence-corrected chi connectivity index (χ1v) is 7.77. The van der Waals surface area contributed by atoms with Crippen molar-refractivity contribution >= 4 is 11.3 Å². The Morgan fingerprint density at radius 2 is 2.15 bits per heavy atom. The van der Waals surface area contributed by atoms with E-state index in [1.807, 2.05) is 7.05 Å². The minimum atomic E-state index is -0.386. The van der Waals surface area contributed by atoms with E-state index in [-0.39, 0.29) is 23.6 Å². The monoisotopic (exact) mass is 293 g/mol. The molecular weight excluding hydrogens is 276 g/mol. The molecule has 1 aliphatic carbocycles. The molecular formula is C16H17F2NS. The Balaban J connectivity index is 2.01. The van der Waals surface area contributed by atoms with E-state index in [9.17, 15) is 8.78 Å². The van der Waals surface area contributed by atoms with Crippen LogP contribution in [0.3, 0.4) is 0 Å². The van der Waals surface area contributed by atoms with E-state index in [1.165, 1.54) is 28.6 Å². The number of hydrogen-bond acceptors (Lipinski definition) is 2. The smallest absolute Gasteiger partial charge is 0.128 e. The van der Waals surface area contributed by atoms with Crippen LogP contribution in [0.2, 0.25) is 0 Å². The quantitative estimate of drug-likeness (QED) is 0.884. The molecule has 1 nitrogen and oxygen atoms in total. The number of benzene rings is 1. The number of rotatable bonds is 3. The van der Waals surface area contributed by atoms with E-state index in [0.29, 0.717) is 5.56 Å². The lowest BCUT2D eigenvalue weighted by molar-refractivity contribution is 0.411. The third-order valence-corrected chi connectivity index (χ3v) is 5.10. The van der Waals surface area contributed by atoms with Crippen molar-refractivity contribution in [2.24, 2.45) is 0 Å².